The summed E-state index contributed by atoms with van der Waals surface area (Å²) in [6.45, 7) is 0.0693. The predicted octanol–water partition coefficient (Wildman–Crippen LogP) is 1.59. The van der Waals surface area contributed by atoms with Crippen molar-refractivity contribution in [1.29, 1.82) is 0 Å². The highest BCUT2D eigenvalue weighted by Crippen LogP contribution is 2.19. The molecule has 9 nitrogen and oxygen atoms in total. The Hall–Kier alpha value is -3.75. The fourth-order valence-electron chi connectivity index (χ4n) is 3.71. The molecule has 1 aromatic heterocycles. The third kappa shape index (κ3) is 5.69. The molecular formula is C23H26N4O5. The number of aromatic nitrogens is 1. The van der Waals surface area contributed by atoms with Crippen LogP contribution in [0.15, 0.2) is 54.9 Å². The van der Waals surface area contributed by atoms with Crippen molar-refractivity contribution in [2.45, 2.75) is 31.3 Å². The van der Waals surface area contributed by atoms with Crippen LogP contribution in [0.1, 0.15) is 28.8 Å². The number of nitrogens with zero attached hydrogens (tertiary/aromatic N) is 3. The summed E-state index contributed by atoms with van der Waals surface area (Å²) in [5.41, 5.74) is 1.18. The Kier molecular flexibility index (Phi) is 7.54. The second-order valence-corrected chi connectivity index (χ2v) is 7.75. The molecule has 2 N–H and O–H groups in total. The minimum Gasteiger partial charge on any atom is -0.480 e. The maximum absolute atomic E-state index is 13.1. The van der Waals surface area contributed by atoms with Gasteiger partial charge in [-0.05, 0) is 36.6 Å². The number of urea groups is 1. The van der Waals surface area contributed by atoms with Crippen LogP contribution < -0.4 is 5.32 Å². The number of hydrogen-bond donors (Lipinski definition) is 2. The lowest BCUT2D eigenvalue weighted by Gasteiger charge is -2.28. The maximum Gasteiger partial charge on any atom is 0.326 e. The van der Waals surface area contributed by atoms with Gasteiger partial charge in [0.25, 0.3) is 5.91 Å². The SMILES string of the molecule is CN(CC(=O)C(Cc1cccnc1)NC(=O)c1ccccc1)C(=O)N1CCC[C@H]1C(=O)O. The van der Waals surface area contributed by atoms with E-state index >= 15 is 0 Å². The first-order chi connectivity index (χ1) is 15.4. The number of carboxylic acid groups (broad SMARTS) is 1. The van der Waals surface area contributed by atoms with E-state index in [1.165, 1.54) is 16.8 Å². The average Bonchev–Trinajstić information content (AvgIpc) is 3.29. The highest BCUT2D eigenvalue weighted by molar-refractivity contribution is 5.99. The molecule has 32 heavy (non-hydrogen) atoms. The van der Waals surface area contributed by atoms with E-state index < -0.39 is 30.0 Å². The largest absolute Gasteiger partial charge is 0.480 e. The van der Waals surface area contributed by atoms with Crippen molar-refractivity contribution < 1.29 is 24.3 Å². The first-order valence-electron chi connectivity index (χ1n) is 10.4. The molecule has 168 valence electrons. The van der Waals surface area contributed by atoms with E-state index in [-0.39, 0.29) is 18.7 Å². The number of carbonyl (C=O) groups is 4. The second-order valence-electron chi connectivity index (χ2n) is 7.75. The van der Waals surface area contributed by atoms with Crippen molar-refractivity contribution in [3.63, 3.8) is 0 Å². The molecule has 3 rings (SSSR count). The number of amides is 3. The summed E-state index contributed by atoms with van der Waals surface area (Å²) in [4.78, 5) is 56.4. The van der Waals surface area contributed by atoms with Gasteiger partial charge in [0.05, 0.1) is 12.6 Å². The van der Waals surface area contributed by atoms with Crippen LogP contribution in [0.25, 0.3) is 0 Å². The molecule has 1 saturated heterocycles. The third-order valence-corrected chi connectivity index (χ3v) is 5.40. The quantitative estimate of drug-likeness (QED) is 0.646. The van der Waals surface area contributed by atoms with Crippen molar-refractivity contribution in [3.8, 4) is 0 Å². The Morgan fingerprint density at radius 2 is 1.94 bits per heavy atom. The monoisotopic (exact) mass is 438 g/mol. The summed E-state index contributed by atoms with van der Waals surface area (Å²) in [5, 5.41) is 12.1. The Morgan fingerprint density at radius 3 is 2.59 bits per heavy atom. The summed E-state index contributed by atoms with van der Waals surface area (Å²) >= 11 is 0. The minimum absolute atomic E-state index is 0.217. The molecule has 0 radical (unpaired) electrons. The molecule has 1 aliphatic rings. The lowest BCUT2D eigenvalue weighted by Crippen LogP contribution is -2.51. The number of ketones is 1. The van der Waals surface area contributed by atoms with Crippen LogP contribution in [0, 0.1) is 0 Å². The number of pyridine rings is 1. The molecule has 0 spiro atoms. The molecule has 9 heteroatoms. The zero-order chi connectivity index (χ0) is 23.1. The van der Waals surface area contributed by atoms with Gasteiger partial charge in [-0.1, -0.05) is 24.3 Å². The molecule has 1 fully saturated rings. The zero-order valence-electron chi connectivity index (χ0n) is 17.8. The van der Waals surface area contributed by atoms with Crippen LogP contribution in [0.4, 0.5) is 4.79 Å². The van der Waals surface area contributed by atoms with Crippen LogP contribution in [0.3, 0.4) is 0 Å². The van der Waals surface area contributed by atoms with Gasteiger partial charge in [-0.3, -0.25) is 14.6 Å². The van der Waals surface area contributed by atoms with Gasteiger partial charge < -0.3 is 20.2 Å². The van der Waals surface area contributed by atoms with E-state index in [0.717, 1.165) is 5.56 Å². The first-order valence-corrected chi connectivity index (χ1v) is 10.4. The Balaban J connectivity index is 1.71. The van der Waals surface area contributed by atoms with E-state index in [1.807, 2.05) is 0 Å². The fourth-order valence-corrected chi connectivity index (χ4v) is 3.71. The molecule has 2 heterocycles. The third-order valence-electron chi connectivity index (χ3n) is 5.40. The normalized spacial score (nSPS) is 16.3. The highest BCUT2D eigenvalue weighted by atomic mass is 16.4. The molecular weight excluding hydrogens is 412 g/mol. The van der Waals surface area contributed by atoms with Gasteiger partial charge in [-0.15, -0.1) is 0 Å². The highest BCUT2D eigenvalue weighted by Gasteiger charge is 2.36. The molecule has 2 atom stereocenters. The van der Waals surface area contributed by atoms with Gasteiger partial charge in [0, 0.05) is 38.0 Å². The van der Waals surface area contributed by atoms with Crippen LogP contribution >= 0.6 is 0 Å². The van der Waals surface area contributed by atoms with Crippen LogP contribution in [0.2, 0.25) is 0 Å². The average molecular weight is 438 g/mol. The number of carbonyl (C=O) groups excluding carboxylic acids is 3. The topological polar surface area (TPSA) is 120 Å². The van der Waals surface area contributed by atoms with Crippen molar-refractivity contribution in [2.75, 3.05) is 20.1 Å². The second kappa shape index (κ2) is 10.5. The van der Waals surface area contributed by atoms with Crippen LogP contribution in [-0.4, -0.2) is 75.8 Å². The molecule has 0 aliphatic carbocycles. The van der Waals surface area contributed by atoms with E-state index in [2.05, 4.69) is 10.3 Å². The van der Waals surface area contributed by atoms with Crippen molar-refractivity contribution >= 4 is 23.7 Å². The molecule has 1 unspecified atom stereocenters. The number of carboxylic acids is 1. The van der Waals surface area contributed by atoms with Crippen LogP contribution in [-0.2, 0) is 16.0 Å². The maximum atomic E-state index is 13.1. The van der Waals surface area contributed by atoms with E-state index in [0.29, 0.717) is 24.9 Å². The molecule has 2 aromatic rings. The number of hydrogen-bond acceptors (Lipinski definition) is 5. The number of Topliss-reactive ketones (excluding diaryl/α,β-unsaturated/α-hetero) is 1. The number of aliphatic carboxylic acids is 1. The Bertz CT molecular complexity index is 967. The standard InChI is InChI=1S/C23H26N4O5/c1-26(23(32)27-12-6-10-19(27)22(30)31)15-20(28)18(13-16-7-5-11-24-14-16)25-21(29)17-8-3-2-4-9-17/h2-5,7-9,11,14,18-19H,6,10,12-13,15H2,1H3,(H,25,29)(H,30,31)/t18?,19-/m0/s1. The van der Waals surface area contributed by atoms with Gasteiger partial charge in [0.2, 0.25) is 0 Å². The van der Waals surface area contributed by atoms with Crippen molar-refractivity contribution in [1.82, 2.24) is 20.1 Å². The van der Waals surface area contributed by atoms with Gasteiger partial charge in [-0.2, -0.15) is 0 Å². The fraction of sp³-hybridized carbons (Fsp3) is 0.348. The summed E-state index contributed by atoms with van der Waals surface area (Å²) in [5.74, 6) is -1.81. The number of likely N-dealkylation sites (N-methyl/N-ethyl adjacent to an activating group) is 1. The predicted molar refractivity (Wildman–Crippen MR) is 116 cm³/mol. The minimum atomic E-state index is -1.06. The molecule has 1 aromatic carbocycles. The van der Waals surface area contributed by atoms with Gasteiger partial charge in [0.15, 0.2) is 5.78 Å². The van der Waals surface area contributed by atoms with Crippen molar-refractivity contribution in [3.05, 3.63) is 66.0 Å². The molecule has 1 aliphatic heterocycles. The number of nitrogens with one attached hydrogen (secondary N) is 1. The molecule has 3 amide bonds. The van der Waals surface area contributed by atoms with Gasteiger partial charge in [-0.25, -0.2) is 9.59 Å². The number of benzene rings is 1. The van der Waals surface area contributed by atoms with Crippen molar-refractivity contribution in [2.24, 2.45) is 0 Å². The summed E-state index contributed by atoms with van der Waals surface area (Å²) < 4.78 is 0. The smallest absolute Gasteiger partial charge is 0.326 e. The number of likely N-dealkylation sites (tertiary alicyclic amines) is 1. The van der Waals surface area contributed by atoms with E-state index in [9.17, 15) is 24.3 Å². The van der Waals surface area contributed by atoms with Gasteiger partial charge in [0.1, 0.15) is 6.04 Å². The molecule has 0 saturated carbocycles. The zero-order valence-corrected chi connectivity index (χ0v) is 17.8. The first kappa shape index (κ1) is 22.9. The van der Waals surface area contributed by atoms with E-state index in [1.54, 1.807) is 54.9 Å². The van der Waals surface area contributed by atoms with Gasteiger partial charge >= 0.3 is 12.0 Å². The summed E-state index contributed by atoms with van der Waals surface area (Å²) in [6, 6.07) is 9.81. The summed E-state index contributed by atoms with van der Waals surface area (Å²) in [6.07, 6.45) is 4.44. The number of rotatable bonds is 8. The lowest BCUT2D eigenvalue weighted by atomic mass is 10.0. The van der Waals surface area contributed by atoms with E-state index in [4.69, 9.17) is 0 Å². The Labute approximate surface area is 186 Å². The Morgan fingerprint density at radius 1 is 1.19 bits per heavy atom. The lowest BCUT2D eigenvalue weighted by molar-refractivity contribution is -0.141. The summed E-state index contributed by atoms with van der Waals surface area (Å²) in [7, 11) is 1.46. The van der Waals surface area contributed by atoms with Crippen LogP contribution in [0.5, 0.6) is 0 Å². The molecule has 0 bridgehead atoms.